The molecule has 1 amide bonds. The smallest absolute Gasteiger partial charge is 0.255 e. The Hall–Kier alpha value is -3.00. The van der Waals surface area contributed by atoms with Gasteiger partial charge in [-0.15, -0.1) is 0 Å². The number of ether oxygens (including phenoxy) is 1. The second-order valence-corrected chi connectivity index (χ2v) is 6.27. The van der Waals surface area contributed by atoms with Crippen LogP contribution in [-0.4, -0.2) is 18.1 Å². The number of anilines is 1. The Labute approximate surface area is 160 Å². The predicted molar refractivity (Wildman–Crippen MR) is 102 cm³/mol. The lowest BCUT2D eigenvalue weighted by Gasteiger charge is -2.30. The maximum Gasteiger partial charge on any atom is 0.255 e. The molecule has 2 aromatic rings. The summed E-state index contributed by atoms with van der Waals surface area (Å²) in [5.74, 6) is -1.61. The van der Waals surface area contributed by atoms with Crippen LogP contribution >= 0.6 is 12.2 Å². The summed E-state index contributed by atoms with van der Waals surface area (Å²) in [6.45, 7) is 1.62. The van der Waals surface area contributed by atoms with Crippen molar-refractivity contribution in [3.8, 4) is 5.75 Å². The molecule has 0 unspecified atom stereocenters. The summed E-state index contributed by atoms with van der Waals surface area (Å²) in [6.07, 6.45) is 0. The van der Waals surface area contributed by atoms with Crippen molar-refractivity contribution >= 4 is 28.9 Å². The molecule has 2 aromatic carbocycles. The number of thiocarbonyl (C=S) groups is 1. The molecule has 0 bridgehead atoms. The molecule has 27 heavy (non-hydrogen) atoms. The molecule has 0 saturated heterocycles. The normalized spacial score (nSPS) is 16.4. The Bertz CT molecular complexity index is 926. The first kappa shape index (κ1) is 18.8. The molecule has 3 N–H and O–H groups in total. The van der Waals surface area contributed by atoms with E-state index in [1.807, 2.05) is 0 Å². The van der Waals surface area contributed by atoms with Crippen molar-refractivity contribution in [1.29, 1.82) is 0 Å². The van der Waals surface area contributed by atoms with E-state index in [-0.39, 0.29) is 16.2 Å². The number of nitrogens with one attached hydrogen (secondary N) is 3. The zero-order valence-electron chi connectivity index (χ0n) is 14.6. The summed E-state index contributed by atoms with van der Waals surface area (Å²) in [5.41, 5.74) is 0.689. The van der Waals surface area contributed by atoms with Gasteiger partial charge in [0, 0.05) is 5.70 Å². The highest BCUT2D eigenvalue weighted by atomic mass is 32.1. The summed E-state index contributed by atoms with van der Waals surface area (Å²) in [7, 11) is 1.48. The summed E-state index contributed by atoms with van der Waals surface area (Å²) < 4.78 is 33.9. The van der Waals surface area contributed by atoms with E-state index >= 15 is 0 Å². The number of carbonyl (C=O) groups is 1. The first-order valence-corrected chi connectivity index (χ1v) is 8.49. The monoisotopic (exact) mass is 389 g/mol. The number of allylic oxidation sites excluding steroid dienone is 1. The van der Waals surface area contributed by atoms with Gasteiger partial charge in [-0.1, -0.05) is 18.2 Å². The van der Waals surface area contributed by atoms with Crippen LogP contribution in [0.1, 0.15) is 18.5 Å². The lowest BCUT2D eigenvalue weighted by molar-refractivity contribution is -0.113. The zero-order valence-corrected chi connectivity index (χ0v) is 15.4. The van der Waals surface area contributed by atoms with Crippen LogP contribution < -0.4 is 20.7 Å². The van der Waals surface area contributed by atoms with Gasteiger partial charge in [-0.3, -0.25) is 4.79 Å². The van der Waals surface area contributed by atoms with E-state index in [2.05, 4.69) is 16.0 Å². The number of halogens is 2. The highest BCUT2D eigenvalue weighted by Crippen LogP contribution is 2.32. The maximum atomic E-state index is 14.4. The van der Waals surface area contributed by atoms with Gasteiger partial charge in [-0.2, -0.15) is 0 Å². The molecule has 1 heterocycles. The summed E-state index contributed by atoms with van der Waals surface area (Å²) in [4.78, 5) is 13.0. The summed E-state index contributed by atoms with van der Waals surface area (Å²) >= 11 is 5.10. The fourth-order valence-electron chi connectivity index (χ4n) is 2.94. The molecular formula is C19H17F2N3O2S. The molecule has 0 spiro atoms. The number of para-hydroxylation sites is 2. The highest BCUT2D eigenvalue weighted by molar-refractivity contribution is 7.80. The summed E-state index contributed by atoms with van der Waals surface area (Å²) in [6, 6.07) is 9.32. The Kier molecular flexibility index (Phi) is 5.36. The Morgan fingerprint density at radius 3 is 2.48 bits per heavy atom. The fraction of sp³-hybridized carbons (Fsp3) is 0.158. The van der Waals surface area contributed by atoms with Gasteiger partial charge in [0.05, 0.1) is 30.0 Å². The lowest BCUT2D eigenvalue weighted by atomic mass is 9.94. The number of methoxy groups -OCH3 is 1. The number of rotatable bonds is 4. The van der Waals surface area contributed by atoms with E-state index in [9.17, 15) is 13.6 Å². The molecule has 0 aliphatic carbocycles. The van der Waals surface area contributed by atoms with Crippen molar-refractivity contribution in [3.63, 3.8) is 0 Å². The quantitative estimate of drug-likeness (QED) is 0.700. The largest absolute Gasteiger partial charge is 0.495 e. The van der Waals surface area contributed by atoms with Gasteiger partial charge < -0.3 is 20.7 Å². The van der Waals surface area contributed by atoms with Crippen molar-refractivity contribution in [2.24, 2.45) is 0 Å². The average molecular weight is 389 g/mol. The second-order valence-electron chi connectivity index (χ2n) is 5.86. The number of hydrogen-bond donors (Lipinski definition) is 3. The third kappa shape index (κ3) is 3.75. The molecule has 0 fully saturated rings. The minimum Gasteiger partial charge on any atom is -0.495 e. The second kappa shape index (κ2) is 7.71. The number of benzene rings is 2. The molecule has 5 nitrogen and oxygen atoms in total. The molecule has 1 aliphatic rings. The molecule has 8 heteroatoms. The first-order valence-electron chi connectivity index (χ1n) is 8.09. The van der Waals surface area contributed by atoms with E-state index in [1.54, 1.807) is 31.2 Å². The van der Waals surface area contributed by atoms with Crippen LogP contribution in [-0.2, 0) is 4.79 Å². The molecule has 3 rings (SSSR count). The highest BCUT2D eigenvalue weighted by Gasteiger charge is 2.33. The van der Waals surface area contributed by atoms with E-state index in [0.717, 1.165) is 12.1 Å². The van der Waals surface area contributed by atoms with Crippen LogP contribution in [0.5, 0.6) is 5.75 Å². The predicted octanol–water partition coefficient (Wildman–Crippen LogP) is 3.40. The topological polar surface area (TPSA) is 62.4 Å². The molecule has 0 saturated carbocycles. The average Bonchev–Trinajstić information content (AvgIpc) is 2.61. The SMILES string of the molecule is COc1ccccc1NC(=O)C1=C(C)NC(=S)N[C@H]1c1c(F)cccc1F. The zero-order chi connectivity index (χ0) is 19.6. The van der Waals surface area contributed by atoms with Crippen molar-refractivity contribution in [1.82, 2.24) is 10.6 Å². The standard InChI is InChI=1S/C19H17F2N3O2S/c1-10-15(18(25)23-13-8-3-4-9-14(13)26-2)17(24-19(27)22-10)16-11(20)6-5-7-12(16)21/h3-9,17H,1-2H3,(H,23,25)(H2,22,24,27)/t17-/m1/s1. The van der Waals surface area contributed by atoms with Crippen LogP contribution in [0.2, 0.25) is 0 Å². The van der Waals surface area contributed by atoms with Gasteiger partial charge in [-0.05, 0) is 43.4 Å². The number of amides is 1. The van der Waals surface area contributed by atoms with Crippen LogP contribution in [0.15, 0.2) is 53.7 Å². The fourth-order valence-corrected chi connectivity index (χ4v) is 3.21. The van der Waals surface area contributed by atoms with Crippen LogP contribution in [0.4, 0.5) is 14.5 Å². The summed E-state index contributed by atoms with van der Waals surface area (Å²) in [5, 5.41) is 8.51. The van der Waals surface area contributed by atoms with Crippen molar-refractivity contribution in [3.05, 3.63) is 70.9 Å². The van der Waals surface area contributed by atoms with Crippen molar-refractivity contribution in [2.75, 3.05) is 12.4 Å². The van der Waals surface area contributed by atoms with Gasteiger partial charge >= 0.3 is 0 Å². The van der Waals surface area contributed by atoms with Crippen molar-refractivity contribution < 1.29 is 18.3 Å². The third-order valence-corrected chi connectivity index (χ3v) is 4.38. The lowest BCUT2D eigenvalue weighted by Crippen LogP contribution is -2.46. The minimum absolute atomic E-state index is 0.124. The Morgan fingerprint density at radius 2 is 1.81 bits per heavy atom. The van der Waals surface area contributed by atoms with Gasteiger partial charge in [0.1, 0.15) is 17.4 Å². The molecule has 1 atom stereocenters. The molecule has 0 radical (unpaired) electrons. The Balaban J connectivity index is 2.03. The van der Waals surface area contributed by atoms with Crippen LogP contribution in [0, 0.1) is 11.6 Å². The van der Waals surface area contributed by atoms with E-state index in [4.69, 9.17) is 17.0 Å². The van der Waals surface area contributed by atoms with Gasteiger partial charge in [0.15, 0.2) is 5.11 Å². The third-order valence-electron chi connectivity index (χ3n) is 4.16. The Morgan fingerprint density at radius 1 is 1.15 bits per heavy atom. The van der Waals surface area contributed by atoms with E-state index in [1.165, 1.54) is 13.2 Å². The molecule has 0 aromatic heterocycles. The van der Waals surface area contributed by atoms with Crippen molar-refractivity contribution in [2.45, 2.75) is 13.0 Å². The molecule has 1 aliphatic heterocycles. The number of carbonyl (C=O) groups excluding carboxylic acids is 1. The molecular weight excluding hydrogens is 372 g/mol. The first-order chi connectivity index (χ1) is 12.9. The number of hydrogen-bond acceptors (Lipinski definition) is 3. The van der Waals surface area contributed by atoms with Gasteiger partial charge in [0.25, 0.3) is 5.91 Å². The van der Waals surface area contributed by atoms with Gasteiger partial charge in [-0.25, -0.2) is 8.78 Å². The molecule has 140 valence electrons. The van der Waals surface area contributed by atoms with Crippen LogP contribution in [0.3, 0.4) is 0 Å². The van der Waals surface area contributed by atoms with E-state index < -0.39 is 23.6 Å². The van der Waals surface area contributed by atoms with E-state index in [0.29, 0.717) is 17.1 Å². The van der Waals surface area contributed by atoms with Gasteiger partial charge in [0.2, 0.25) is 0 Å². The minimum atomic E-state index is -1.07. The van der Waals surface area contributed by atoms with Crippen LogP contribution in [0.25, 0.3) is 0 Å². The maximum absolute atomic E-state index is 14.4.